The van der Waals surface area contributed by atoms with Gasteiger partial charge in [-0.2, -0.15) is 0 Å². The fourth-order valence-corrected chi connectivity index (χ4v) is 1.59. The zero-order valence-electron chi connectivity index (χ0n) is 10.9. The van der Waals surface area contributed by atoms with Gasteiger partial charge < -0.3 is 10.6 Å². The van der Waals surface area contributed by atoms with E-state index in [2.05, 4.69) is 31.4 Å². The van der Waals surface area contributed by atoms with Crippen LogP contribution in [-0.4, -0.2) is 12.6 Å². The molecule has 0 spiro atoms. The van der Waals surface area contributed by atoms with Gasteiger partial charge in [0.1, 0.15) is 0 Å². The van der Waals surface area contributed by atoms with Crippen LogP contribution in [0.25, 0.3) is 0 Å². The summed E-state index contributed by atoms with van der Waals surface area (Å²) in [4.78, 5) is 11.6. The van der Waals surface area contributed by atoms with Gasteiger partial charge >= 0.3 is 6.03 Å². The van der Waals surface area contributed by atoms with Crippen molar-refractivity contribution in [1.82, 2.24) is 5.32 Å². The van der Waals surface area contributed by atoms with Gasteiger partial charge in [0.25, 0.3) is 0 Å². The molecule has 0 saturated heterocycles. The van der Waals surface area contributed by atoms with Crippen LogP contribution in [0.2, 0.25) is 0 Å². The maximum atomic E-state index is 11.6. The first-order chi connectivity index (χ1) is 8.13. The number of hydrogen-bond acceptors (Lipinski definition) is 1. The summed E-state index contributed by atoms with van der Waals surface area (Å²) in [6.07, 6.45) is 1.92. The molecule has 0 atom stereocenters. The van der Waals surface area contributed by atoms with Crippen molar-refractivity contribution in [3.8, 4) is 0 Å². The molecule has 3 heteroatoms. The van der Waals surface area contributed by atoms with Crippen LogP contribution in [0.5, 0.6) is 0 Å². The van der Waals surface area contributed by atoms with E-state index in [1.807, 2.05) is 24.3 Å². The molecule has 94 valence electrons. The largest absolute Gasteiger partial charge is 0.338 e. The molecule has 0 aliphatic heterocycles. The number of rotatable bonds is 5. The van der Waals surface area contributed by atoms with Crippen LogP contribution in [0.1, 0.15) is 32.8 Å². The number of amides is 2. The Morgan fingerprint density at radius 1 is 1.29 bits per heavy atom. The van der Waals surface area contributed by atoms with Gasteiger partial charge in [-0.15, -0.1) is 0 Å². The zero-order valence-corrected chi connectivity index (χ0v) is 10.9. The Morgan fingerprint density at radius 2 is 2.00 bits per heavy atom. The first kappa shape index (κ1) is 13.6. The topological polar surface area (TPSA) is 41.1 Å². The number of anilines is 1. The number of benzene rings is 1. The highest BCUT2D eigenvalue weighted by Gasteiger charge is 2.04. The van der Waals surface area contributed by atoms with Crippen molar-refractivity contribution < 1.29 is 4.79 Å². The van der Waals surface area contributed by atoms with Gasteiger partial charge in [-0.05, 0) is 30.4 Å². The van der Waals surface area contributed by atoms with E-state index in [-0.39, 0.29) is 6.03 Å². The maximum Gasteiger partial charge on any atom is 0.319 e. The van der Waals surface area contributed by atoms with Crippen molar-refractivity contribution in [2.24, 2.45) is 5.92 Å². The van der Waals surface area contributed by atoms with E-state index in [9.17, 15) is 4.79 Å². The predicted octanol–water partition coefficient (Wildman–Crippen LogP) is 3.42. The molecular formula is C14H22N2O. The quantitative estimate of drug-likeness (QED) is 0.805. The molecule has 1 rings (SSSR count). The molecule has 1 aromatic rings. The highest BCUT2D eigenvalue weighted by atomic mass is 16.2. The fraction of sp³-hybridized carbons (Fsp3) is 0.500. The minimum Gasteiger partial charge on any atom is -0.338 e. The molecule has 0 aromatic heterocycles. The van der Waals surface area contributed by atoms with Crippen molar-refractivity contribution >= 4 is 11.7 Å². The van der Waals surface area contributed by atoms with Crippen molar-refractivity contribution in [3.05, 3.63) is 29.8 Å². The van der Waals surface area contributed by atoms with Gasteiger partial charge in [-0.3, -0.25) is 0 Å². The molecule has 0 saturated carbocycles. The summed E-state index contributed by atoms with van der Waals surface area (Å²) < 4.78 is 0. The number of para-hydroxylation sites is 1. The van der Waals surface area contributed by atoms with E-state index in [4.69, 9.17) is 0 Å². The third-order valence-electron chi connectivity index (χ3n) is 2.65. The minimum atomic E-state index is -0.119. The Bertz CT molecular complexity index is 361. The van der Waals surface area contributed by atoms with Crippen molar-refractivity contribution in [2.45, 2.75) is 33.6 Å². The summed E-state index contributed by atoms with van der Waals surface area (Å²) in [5, 5.41) is 5.75. The number of nitrogens with one attached hydrogen (secondary N) is 2. The number of aryl methyl sites for hydroxylation is 1. The average molecular weight is 234 g/mol. The fourth-order valence-electron chi connectivity index (χ4n) is 1.59. The first-order valence-electron chi connectivity index (χ1n) is 6.26. The predicted molar refractivity (Wildman–Crippen MR) is 72.3 cm³/mol. The molecule has 0 aliphatic carbocycles. The molecular weight excluding hydrogens is 212 g/mol. The van der Waals surface area contributed by atoms with E-state index >= 15 is 0 Å². The number of carbonyl (C=O) groups is 1. The minimum absolute atomic E-state index is 0.119. The summed E-state index contributed by atoms with van der Waals surface area (Å²) in [5.41, 5.74) is 2.06. The summed E-state index contributed by atoms with van der Waals surface area (Å²) >= 11 is 0. The summed E-state index contributed by atoms with van der Waals surface area (Å²) in [6.45, 7) is 7.09. The lowest BCUT2D eigenvalue weighted by Crippen LogP contribution is -2.30. The Balaban J connectivity index is 2.45. The molecule has 3 nitrogen and oxygen atoms in total. The van der Waals surface area contributed by atoms with E-state index in [1.54, 1.807) is 0 Å². The second-order valence-electron chi connectivity index (χ2n) is 4.57. The van der Waals surface area contributed by atoms with Crippen LogP contribution in [0.15, 0.2) is 24.3 Å². The van der Waals surface area contributed by atoms with Crippen LogP contribution in [-0.2, 0) is 6.42 Å². The third kappa shape index (κ3) is 4.89. The van der Waals surface area contributed by atoms with Crippen LogP contribution in [0.3, 0.4) is 0 Å². The van der Waals surface area contributed by atoms with Gasteiger partial charge in [0.05, 0.1) is 0 Å². The Hall–Kier alpha value is -1.51. The van der Waals surface area contributed by atoms with Gasteiger partial charge in [-0.25, -0.2) is 4.79 Å². The summed E-state index contributed by atoms with van der Waals surface area (Å²) in [6, 6.07) is 7.76. The molecule has 2 N–H and O–H groups in total. The summed E-state index contributed by atoms with van der Waals surface area (Å²) in [7, 11) is 0. The van der Waals surface area contributed by atoms with Gasteiger partial charge in [0, 0.05) is 12.2 Å². The summed E-state index contributed by atoms with van der Waals surface area (Å²) in [5.74, 6) is 0.609. The molecule has 17 heavy (non-hydrogen) atoms. The molecule has 1 aromatic carbocycles. The van der Waals surface area contributed by atoms with Crippen LogP contribution in [0.4, 0.5) is 10.5 Å². The molecule has 0 aliphatic rings. The lowest BCUT2D eigenvalue weighted by atomic mass is 10.1. The van der Waals surface area contributed by atoms with Gasteiger partial charge in [0.15, 0.2) is 0 Å². The standard InChI is InChI=1S/C14H22N2O/c1-4-12-7-5-6-8-13(12)16-14(17)15-10-9-11(2)3/h5-8,11H,4,9-10H2,1-3H3,(H2,15,16,17). The normalized spacial score (nSPS) is 10.4. The lowest BCUT2D eigenvalue weighted by Gasteiger charge is -2.11. The molecule has 0 fully saturated rings. The highest BCUT2D eigenvalue weighted by molar-refractivity contribution is 5.90. The molecule has 0 unspecified atom stereocenters. The van der Waals surface area contributed by atoms with Gasteiger partial charge in [-0.1, -0.05) is 39.0 Å². The molecule has 2 amide bonds. The zero-order chi connectivity index (χ0) is 12.7. The highest BCUT2D eigenvalue weighted by Crippen LogP contribution is 2.14. The van der Waals surface area contributed by atoms with E-state index in [0.29, 0.717) is 5.92 Å². The second-order valence-corrected chi connectivity index (χ2v) is 4.57. The monoisotopic (exact) mass is 234 g/mol. The Kier molecular flexibility index (Phi) is 5.53. The van der Waals surface area contributed by atoms with Crippen LogP contribution >= 0.6 is 0 Å². The Morgan fingerprint density at radius 3 is 2.65 bits per heavy atom. The average Bonchev–Trinajstić information content (AvgIpc) is 2.29. The van der Waals surface area contributed by atoms with E-state index in [1.165, 1.54) is 0 Å². The van der Waals surface area contributed by atoms with E-state index in [0.717, 1.165) is 30.6 Å². The second kappa shape index (κ2) is 6.94. The first-order valence-corrected chi connectivity index (χ1v) is 6.26. The molecule has 0 bridgehead atoms. The third-order valence-corrected chi connectivity index (χ3v) is 2.65. The van der Waals surface area contributed by atoms with Crippen molar-refractivity contribution in [2.75, 3.05) is 11.9 Å². The number of urea groups is 1. The number of hydrogen-bond donors (Lipinski definition) is 2. The van der Waals surface area contributed by atoms with Crippen molar-refractivity contribution in [3.63, 3.8) is 0 Å². The molecule has 0 heterocycles. The number of carbonyl (C=O) groups excluding carboxylic acids is 1. The SMILES string of the molecule is CCc1ccccc1NC(=O)NCCC(C)C. The Labute approximate surface area is 104 Å². The molecule has 0 radical (unpaired) electrons. The van der Waals surface area contributed by atoms with Crippen LogP contribution in [0, 0.1) is 5.92 Å². The van der Waals surface area contributed by atoms with Gasteiger partial charge in [0.2, 0.25) is 0 Å². The smallest absolute Gasteiger partial charge is 0.319 e. The maximum absolute atomic E-state index is 11.6. The lowest BCUT2D eigenvalue weighted by molar-refractivity contribution is 0.251. The van der Waals surface area contributed by atoms with Crippen LogP contribution < -0.4 is 10.6 Å². The van der Waals surface area contributed by atoms with E-state index < -0.39 is 0 Å². The van der Waals surface area contributed by atoms with Crippen molar-refractivity contribution in [1.29, 1.82) is 0 Å².